The second kappa shape index (κ2) is 13.0. The number of carbonyl (C=O) groups excluding carboxylic acids is 2. The first kappa shape index (κ1) is 27.9. The van der Waals surface area contributed by atoms with Gasteiger partial charge in [-0.25, -0.2) is 9.59 Å². The maximum Gasteiger partial charge on any atom is 0.336 e. The van der Waals surface area contributed by atoms with Crippen LogP contribution in [0.1, 0.15) is 38.2 Å². The van der Waals surface area contributed by atoms with E-state index in [9.17, 15) is 19.8 Å². The molecule has 1 aromatic carbocycles. The first-order chi connectivity index (χ1) is 16.2. The van der Waals surface area contributed by atoms with E-state index in [1.54, 1.807) is 11.9 Å². The van der Waals surface area contributed by atoms with E-state index in [1.807, 2.05) is 36.4 Å². The number of carbonyl (C=O) groups is 2. The summed E-state index contributed by atoms with van der Waals surface area (Å²) in [6.07, 6.45) is 1.22. The molecule has 0 fully saturated rings. The van der Waals surface area contributed by atoms with Crippen molar-refractivity contribution < 1.29 is 38.7 Å². The molecule has 0 aliphatic carbocycles. The zero-order chi connectivity index (χ0) is 25.4. The fourth-order valence-electron chi connectivity index (χ4n) is 3.76. The van der Waals surface area contributed by atoms with Crippen LogP contribution in [0.5, 0.6) is 11.5 Å². The summed E-state index contributed by atoms with van der Waals surface area (Å²) in [6, 6.07) is 2.85. The van der Waals surface area contributed by atoms with Crippen LogP contribution in [-0.4, -0.2) is 74.7 Å². The highest BCUT2D eigenvalue weighted by atomic mass is 127. The maximum absolute atomic E-state index is 13.4. The van der Waals surface area contributed by atoms with Gasteiger partial charge >= 0.3 is 11.9 Å². The van der Waals surface area contributed by atoms with Crippen LogP contribution in [0.3, 0.4) is 0 Å². The van der Waals surface area contributed by atoms with Gasteiger partial charge in [0, 0.05) is 21.3 Å². The molecule has 0 unspecified atom stereocenters. The molecule has 1 aliphatic rings. The van der Waals surface area contributed by atoms with Crippen molar-refractivity contribution >= 4 is 34.5 Å². The Morgan fingerprint density at radius 1 is 0.912 bits per heavy atom. The van der Waals surface area contributed by atoms with Crippen molar-refractivity contribution in [2.75, 3.05) is 47.7 Å². The highest BCUT2D eigenvalue weighted by molar-refractivity contribution is 14.1. The van der Waals surface area contributed by atoms with Crippen molar-refractivity contribution in [1.82, 2.24) is 4.90 Å². The van der Waals surface area contributed by atoms with Gasteiger partial charge in [0.15, 0.2) is 0 Å². The number of halogens is 1. The first-order valence-corrected chi connectivity index (χ1v) is 12.0. The van der Waals surface area contributed by atoms with Gasteiger partial charge in [-0.05, 0) is 53.1 Å². The predicted molar refractivity (Wildman–Crippen MR) is 133 cm³/mol. The molecule has 0 atom stereocenters. The van der Waals surface area contributed by atoms with Gasteiger partial charge in [-0.1, -0.05) is 13.8 Å². The topological polar surface area (TPSA) is 115 Å². The average molecular weight is 589 g/mol. The number of aromatic hydroxyl groups is 2. The van der Waals surface area contributed by atoms with Crippen molar-refractivity contribution in [2.45, 2.75) is 32.6 Å². The summed E-state index contributed by atoms with van der Waals surface area (Å²) in [4.78, 5) is 28.4. The van der Waals surface area contributed by atoms with Crippen molar-refractivity contribution in [3.8, 4) is 11.5 Å². The summed E-state index contributed by atoms with van der Waals surface area (Å²) < 4.78 is 22.0. The van der Waals surface area contributed by atoms with E-state index in [0.717, 1.165) is 0 Å². The molecule has 0 spiro atoms. The van der Waals surface area contributed by atoms with Gasteiger partial charge in [0.05, 0.1) is 58.5 Å². The molecule has 0 aromatic heterocycles. The van der Waals surface area contributed by atoms with Gasteiger partial charge in [0.2, 0.25) is 0 Å². The molecule has 0 amide bonds. The minimum atomic E-state index is -0.992. The largest absolute Gasteiger partial charge is 0.507 e. The Morgan fingerprint density at radius 3 is 1.68 bits per heavy atom. The Labute approximate surface area is 213 Å². The molecule has 1 aliphatic heterocycles. The van der Waals surface area contributed by atoms with Gasteiger partial charge < -0.3 is 34.1 Å². The quantitative estimate of drug-likeness (QED) is 0.296. The number of esters is 2. The second-order valence-electron chi connectivity index (χ2n) is 7.72. The lowest BCUT2D eigenvalue weighted by Gasteiger charge is -2.37. The molecule has 0 saturated heterocycles. The molecule has 0 saturated carbocycles. The molecule has 0 bridgehead atoms. The normalized spacial score (nSPS) is 14.6. The Hall–Kier alpha value is -2.31. The SMILES string of the molecule is CCCOC(=O)C1=C(COC)N(C)C(COC)=C(C(=O)OCCC)C1c1cc(O)c(I)c(O)c1. The number of hydrogen-bond acceptors (Lipinski definition) is 9. The monoisotopic (exact) mass is 589 g/mol. The zero-order valence-electron chi connectivity index (χ0n) is 20.1. The summed E-state index contributed by atoms with van der Waals surface area (Å²) in [7, 11) is 4.71. The van der Waals surface area contributed by atoms with Crippen molar-refractivity contribution in [2.24, 2.45) is 0 Å². The van der Waals surface area contributed by atoms with Crippen LogP contribution < -0.4 is 0 Å². The molecule has 34 heavy (non-hydrogen) atoms. The fourth-order valence-corrected chi connectivity index (χ4v) is 4.07. The van der Waals surface area contributed by atoms with E-state index in [0.29, 0.717) is 29.8 Å². The van der Waals surface area contributed by atoms with Crippen LogP contribution in [0.2, 0.25) is 0 Å². The van der Waals surface area contributed by atoms with Crippen LogP contribution in [0.15, 0.2) is 34.7 Å². The van der Waals surface area contributed by atoms with E-state index >= 15 is 0 Å². The van der Waals surface area contributed by atoms with E-state index in [2.05, 4.69) is 0 Å². The Morgan fingerprint density at radius 2 is 1.32 bits per heavy atom. The molecule has 1 aromatic rings. The number of hydrogen-bond donors (Lipinski definition) is 2. The van der Waals surface area contributed by atoms with E-state index in [1.165, 1.54) is 26.4 Å². The van der Waals surface area contributed by atoms with E-state index < -0.39 is 17.9 Å². The highest BCUT2D eigenvalue weighted by Crippen LogP contribution is 2.45. The summed E-state index contributed by atoms with van der Waals surface area (Å²) in [5, 5.41) is 20.9. The minimum absolute atomic E-state index is 0.0520. The van der Waals surface area contributed by atoms with E-state index in [-0.39, 0.29) is 52.6 Å². The molecule has 10 heteroatoms. The van der Waals surface area contributed by atoms with Crippen molar-refractivity contribution in [3.63, 3.8) is 0 Å². The third-order valence-corrected chi connectivity index (χ3v) is 6.38. The second-order valence-corrected chi connectivity index (χ2v) is 8.80. The van der Waals surface area contributed by atoms with Crippen molar-refractivity contribution in [3.05, 3.63) is 43.8 Å². The highest BCUT2D eigenvalue weighted by Gasteiger charge is 2.42. The summed E-state index contributed by atoms with van der Waals surface area (Å²) in [6.45, 7) is 4.23. The molecular formula is C24H32INO8. The standard InChI is InChI=1S/C24H32INO8/c1-6-8-33-23(29)20-15(12-31-4)26(3)16(13-32-5)21(24(30)34-9-7-2)19(20)14-10-17(27)22(25)18(28)11-14/h10-11,19,27-28H,6-9,12-13H2,1-5H3. The Kier molecular flexibility index (Phi) is 10.6. The molecule has 2 rings (SSSR count). The van der Waals surface area contributed by atoms with Crippen LogP contribution >= 0.6 is 22.6 Å². The number of methoxy groups -OCH3 is 2. The van der Waals surface area contributed by atoms with Crippen LogP contribution in [0.25, 0.3) is 0 Å². The fraction of sp³-hybridized carbons (Fsp3) is 0.500. The minimum Gasteiger partial charge on any atom is -0.507 e. The smallest absolute Gasteiger partial charge is 0.336 e. The van der Waals surface area contributed by atoms with Gasteiger partial charge in [0.25, 0.3) is 0 Å². The Bertz CT molecular complexity index is 901. The number of phenols is 2. The molecule has 1 heterocycles. The van der Waals surface area contributed by atoms with Crippen LogP contribution in [0.4, 0.5) is 0 Å². The van der Waals surface area contributed by atoms with Crippen LogP contribution in [-0.2, 0) is 28.5 Å². The number of benzene rings is 1. The lowest BCUT2D eigenvalue weighted by Crippen LogP contribution is -2.38. The van der Waals surface area contributed by atoms with Gasteiger partial charge in [-0.15, -0.1) is 0 Å². The number of ether oxygens (including phenoxy) is 4. The molecule has 0 radical (unpaired) electrons. The number of rotatable bonds is 11. The summed E-state index contributed by atoms with van der Waals surface area (Å²) in [5.74, 6) is -2.60. The van der Waals surface area contributed by atoms with Gasteiger partial charge in [0.1, 0.15) is 11.5 Å². The first-order valence-electron chi connectivity index (χ1n) is 11.0. The number of likely N-dealkylation sites (N-methyl/N-ethyl adjacent to an activating group) is 1. The predicted octanol–water partition coefficient (Wildman–Crippen LogP) is 3.44. The third kappa shape index (κ3) is 6.02. The van der Waals surface area contributed by atoms with Crippen molar-refractivity contribution in [1.29, 1.82) is 0 Å². The lowest BCUT2D eigenvalue weighted by molar-refractivity contribution is -0.140. The lowest BCUT2D eigenvalue weighted by atomic mass is 9.79. The number of phenolic OH excluding ortho intramolecular Hbond substituents is 2. The van der Waals surface area contributed by atoms with Crippen LogP contribution in [0, 0.1) is 3.57 Å². The summed E-state index contributed by atoms with van der Waals surface area (Å²) >= 11 is 1.81. The summed E-state index contributed by atoms with van der Waals surface area (Å²) in [5.41, 5.74) is 1.62. The Balaban J connectivity index is 2.89. The molecule has 9 nitrogen and oxygen atoms in total. The zero-order valence-corrected chi connectivity index (χ0v) is 22.3. The molecular weight excluding hydrogens is 557 g/mol. The third-order valence-electron chi connectivity index (χ3n) is 5.28. The van der Waals surface area contributed by atoms with Gasteiger partial charge in [-0.2, -0.15) is 0 Å². The van der Waals surface area contributed by atoms with E-state index in [4.69, 9.17) is 18.9 Å². The molecule has 2 N–H and O–H groups in total. The number of nitrogens with zero attached hydrogens (tertiary/aromatic N) is 1. The maximum atomic E-state index is 13.4. The molecule has 188 valence electrons. The van der Waals surface area contributed by atoms with Gasteiger partial charge in [-0.3, -0.25) is 0 Å². The average Bonchev–Trinajstić information content (AvgIpc) is 2.81.